The van der Waals surface area contributed by atoms with E-state index in [9.17, 15) is 13.6 Å². The van der Waals surface area contributed by atoms with Crippen LogP contribution in [0.5, 0.6) is 0 Å². The van der Waals surface area contributed by atoms with Crippen LogP contribution >= 0.6 is 11.3 Å². The molecule has 1 heterocycles. The van der Waals surface area contributed by atoms with Crippen molar-refractivity contribution < 1.29 is 13.6 Å². The fraction of sp³-hybridized carbons (Fsp3) is 0.118. The van der Waals surface area contributed by atoms with Gasteiger partial charge in [-0.25, -0.2) is 8.78 Å². The standard InChI is InChI=1S/C17H12F2OS/c18-13-6-5-11(16(19)9-13)7-14(20)8-12-10-21-17-4-2-1-3-15(12)17/h1-6,9-10H,7-8H2. The van der Waals surface area contributed by atoms with Crippen molar-refractivity contribution in [1.82, 2.24) is 0 Å². The average Bonchev–Trinajstić information content (AvgIpc) is 2.85. The Morgan fingerprint density at radius 3 is 2.57 bits per heavy atom. The first kappa shape index (κ1) is 13.9. The number of Topliss-reactive ketones (excluding diaryl/α,β-unsaturated/α-hetero) is 1. The van der Waals surface area contributed by atoms with Gasteiger partial charge in [0.1, 0.15) is 17.4 Å². The lowest BCUT2D eigenvalue weighted by atomic mass is 10.0. The van der Waals surface area contributed by atoms with Crippen LogP contribution in [0.4, 0.5) is 8.78 Å². The van der Waals surface area contributed by atoms with Gasteiger partial charge in [-0.15, -0.1) is 11.3 Å². The molecule has 1 aromatic heterocycles. The zero-order valence-corrected chi connectivity index (χ0v) is 11.9. The Labute approximate surface area is 124 Å². The Balaban J connectivity index is 1.77. The molecule has 0 unspecified atom stereocenters. The predicted molar refractivity (Wildman–Crippen MR) is 80.6 cm³/mol. The van der Waals surface area contributed by atoms with Crippen molar-refractivity contribution in [3.05, 3.63) is 70.6 Å². The predicted octanol–water partition coefficient (Wildman–Crippen LogP) is 4.53. The molecule has 0 radical (unpaired) electrons. The van der Waals surface area contributed by atoms with E-state index in [1.807, 2.05) is 29.6 Å². The molecule has 0 saturated carbocycles. The number of benzene rings is 2. The molecule has 0 N–H and O–H groups in total. The highest BCUT2D eigenvalue weighted by molar-refractivity contribution is 7.17. The van der Waals surface area contributed by atoms with Crippen LogP contribution in [0.1, 0.15) is 11.1 Å². The molecule has 3 aromatic rings. The number of halogens is 2. The van der Waals surface area contributed by atoms with Crippen LogP contribution in [0.15, 0.2) is 47.8 Å². The average molecular weight is 302 g/mol. The van der Waals surface area contributed by atoms with Gasteiger partial charge in [-0.3, -0.25) is 4.79 Å². The molecule has 0 aliphatic heterocycles. The first-order valence-corrected chi connectivity index (χ1v) is 7.42. The van der Waals surface area contributed by atoms with E-state index >= 15 is 0 Å². The van der Waals surface area contributed by atoms with Crippen molar-refractivity contribution in [3.63, 3.8) is 0 Å². The van der Waals surface area contributed by atoms with Crippen molar-refractivity contribution in [2.45, 2.75) is 12.8 Å². The highest BCUT2D eigenvalue weighted by Crippen LogP contribution is 2.26. The molecule has 0 atom stereocenters. The van der Waals surface area contributed by atoms with Gasteiger partial charge in [0.05, 0.1) is 0 Å². The fourth-order valence-electron chi connectivity index (χ4n) is 2.32. The smallest absolute Gasteiger partial charge is 0.141 e. The van der Waals surface area contributed by atoms with Gasteiger partial charge in [0, 0.05) is 23.6 Å². The summed E-state index contributed by atoms with van der Waals surface area (Å²) in [4.78, 5) is 12.1. The zero-order valence-electron chi connectivity index (χ0n) is 11.1. The molecule has 21 heavy (non-hydrogen) atoms. The summed E-state index contributed by atoms with van der Waals surface area (Å²) in [5.41, 5.74) is 1.20. The maximum atomic E-state index is 13.6. The van der Waals surface area contributed by atoms with Gasteiger partial charge in [-0.2, -0.15) is 0 Å². The van der Waals surface area contributed by atoms with E-state index in [0.29, 0.717) is 0 Å². The maximum absolute atomic E-state index is 13.6. The molecular weight excluding hydrogens is 290 g/mol. The van der Waals surface area contributed by atoms with E-state index in [4.69, 9.17) is 0 Å². The van der Waals surface area contributed by atoms with Crippen molar-refractivity contribution in [2.75, 3.05) is 0 Å². The minimum absolute atomic E-state index is 0.0176. The Morgan fingerprint density at radius 1 is 1.00 bits per heavy atom. The number of fused-ring (bicyclic) bond motifs is 1. The number of thiophene rings is 1. The number of carbonyl (C=O) groups excluding carboxylic acids is 1. The summed E-state index contributed by atoms with van der Waals surface area (Å²) in [5, 5.41) is 3.03. The van der Waals surface area contributed by atoms with Gasteiger partial charge in [0.15, 0.2) is 0 Å². The lowest BCUT2D eigenvalue weighted by Gasteiger charge is -2.03. The molecule has 106 valence electrons. The molecule has 2 aromatic carbocycles. The number of ketones is 1. The van der Waals surface area contributed by atoms with E-state index in [1.165, 1.54) is 12.1 Å². The Hall–Kier alpha value is -2.07. The van der Waals surface area contributed by atoms with Crippen molar-refractivity contribution in [1.29, 1.82) is 0 Å². The van der Waals surface area contributed by atoms with Gasteiger partial charge < -0.3 is 0 Å². The van der Waals surface area contributed by atoms with Crippen LogP contribution in [-0.4, -0.2) is 5.78 Å². The summed E-state index contributed by atoms with van der Waals surface area (Å²) in [5.74, 6) is -1.38. The summed E-state index contributed by atoms with van der Waals surface area (Å²) in [6, 6.07) is 11.2. The van der Waals surface area contributed by atoms with E-state index in [2.05, 4.69) is 0 Å². The highest BCUT2D eigenvalue weighted by atomic mass is 32.1. The fourth-order valence-corrected chi connectivity index (χ4v) is 3.28. The first-order valence-electron chi connectivity index (χ1n) is 6.54. The minimum Gasteiger partial charge on any atom is -0.299 e. The van der Waals surface area contributed by atoms with E-state index < -0.39 is 11.6 Å². The second-order valence-electron chi connectivity index (χ2n) is 4.89. The second-order valence-corrected chi connectivity index (χ2v) is 5.80. The van der Waals surface area contributed by atoms with Crippen LogP contribution in [0.3, 0.4) is 0 Å². The molecule has 0 bridgehead atoms. The van der Waals surface area contributed by atoms with Gasteiger partial charge >= 0.3 is 0 Å². The largest absolute Gasteiger partial charge is 0.299 e. The van der Waals surface area contributed by atoms with E-state index in [0.717, 1.165) is 21.7 Å². The lowest BCUT2D eigenvalue weighted by molar-refractivity contribution is -0.117. The third-order valence-corrected chi connectivity index (χ3v) is 4.36. The summed E-state index contributed by atoms with van der Waals surface area (Å²) in [6.45, 7) is 0. The van der Waals surface area contributed by atoms with Gasteiger partial charge in [0.2, 0.25) is 0 Å². The Kier molecular flexibility index (Phi) is 3.80. The molecule has 3 rings (SSSR count). The third-order valence-electron chi connectivity index (χ3n) is 3.35. The van der Waals surface area contributed by atoms with Crippen molar-refractivity contribution in [2.24, 2.45) is 0 Å². The van der Waals surface area contributed by atoms with Gasteiger partial charge in [0.25, 0.3) is 0 Å². The number of hydrogen-bond donors (Lipinski definition) is 0. The van der Waals surface area contributed by atoms with Crippen LogP contribution < -0.4 is 0 Å². The molecule has 0 amide bonds. The third kappa shape index (κ3) is 3.00. The second kappa shape index (κ2) is 5.74. The van der Waals surface area contributed by atoms with Crippen LogP contribution in [0, 0.1) is 11.6 Å². The molecule has 1 nitrogen and oxygen atoms in total. The zero-order chi connectivity index (χ0) is 14.8. The summed E-state index contributed by atoms with van der Waals surface area (Å²) >= 11 is 1.59. The van der Waals surface area contributed by atoms with Crippen LogP contribution in [0.25, 0.3) is 10.1 Å². The molecule has 0 aliphatic rings. The van der Waals surface area contributed by atoms with Gasteiger partial charge in [-0.05, 0) is 34.0 Å². The minimum atomic E-state index is -0.668. The lowest BCUT2D eigenvalue weighted by Crippen LogP contribution is -2.07. The van der Waals surface area contributed by atoms with E-state index in [1.54, 1.807) is 11.3 Å². The van der Waals surface area contributed by atoms with Crippen LogP contribution in [-0.2, 0) is 17.6 Å². The Morgan fingerprint density at radius 2 is 1.76 bits per heavy atom. The number of carbonyl (C=O) groups is 1. The molecule has 4 heteroatoms. The first-order chi connectivity index (χ1) is 10.1. The van der Waals surface area contributed by atoms with E-state index in [-0.39, 0.29) is 24.2 Å². The normalized spacial score (nSPS) is 11.0. The quantitative estimate of drug-likeness (QED) is 0.692. The monoisotopic (exact) mass is 302 g/mol. The molecule has 0 fully saturated rings. The van der Waals surface area contributed by atoms with Gasteiger partial charge in [-0.1, -0.05) is 24.3 Å². The highest BCUT2D eigenvalue weighted by Gasteiger charge is 2.12. The molecule has 0 saturated heterocycles. The molecular formula is C17H12F2OS. The van der Waals surface area contributed by atoms with Crippen LogP contribution in [0.2, 0.25) is 0 Å². The SMILES string of the molecule is O=C(Cc1ccc(F)cc1F)Cc1csc2ccccc12. The molecule has 0 spiro atoms. The topological polar surface area (TPSA) is 17.1 Å². The maximum Gasteiger partial charge on any atom is 0.141 e. The number of hydrogen-bond acceptors (Lipinski definition) is 2. The molecule has 0 aliphatic carbocycles. The number of rotatable bonds is 4. The summed E-state index contributed by atoms with van der Waals surface area (Å²) < 4.78 is 27.5. The summed E-state index contributed by atoms with van der Waals surface area (Å²) in [7, 11) is 0. The van der Waals surface area contributed by atoms with Crippen molar-refractivity contribution in [3.8, 4) is 0 Å². The Bertz CT molecular complexity index is 807. The summed E-state index contributed by atoms with van der Waals surface area (Å²) in [6.07, 6.45) is 0.247. The van der Waals surface area contributed by atoms with Crippen molar-refractivity contribution >= 4 is 27.2 Å².